The van der Waals surface area contributed by atoms with Crippen LogP contribution < -0.4 is 0 Å². The molecule has 1 aliphatic carbocycles. The number of halogens is 1. The van der Waals surface area contributed by atoms with Gasteiger partial charge in [0.15, 0.2) is 0 Å². The summed E-state index contributed by atoms with van der Waals surface area (Å²) in [7, 11) is 0. The summed E-state index contributed by atoms with van der Waals surface area (Å²) >= 11 is 6.10. The van der Waals surface area contributed by atoms with Gasteiger partial charge in [-0.05, 0) is 30.4 Å². The van der Waals surface area contributed by atoms with Crippen molar-refractivity contribution >= 4 is 22.6 Å². The zero-order chi connectivity index (χ0) is 12.8. The van der Waals surface area contributed by atoms with Crippen LogP contribution in [0, 0.1) is 0 Å². The maximum absolute atomic E-state index is 6.10. The number of rotatable bonds is 1. The van der Waals surface area contributed by atoms with Crippen molar-refractivity contribution in [3.05, 3.63) is 53.0 Å². The lowest BCUT2D eigenvalue weighted by molar-refractivity contribution is 0.359. The molecule has 1 aliphatic heterocycles. The Hall–Kier alpha value is -1.74. The maximum atomic E-state index is 6.10. The summed E-state index contributed by atoms with van der Waals surface area (Å²) in [6, 6.07) is 5.94. The van der Waals surface area contributed by atoms with E-state index in [1.807, 2.05) is 18.2 Å². The summed E-state index contributed by atoms with van der Waals surface area (Å²) in [5, 5.41) is 0.779. The van der Waals surface area contributed by atoms with Crippen molar-refractivity contribution in [2.24, 2.45) is 0 Å². The lowest BCUT2D eigenvalue weighted by atomic mass is 10.2. The molecule has 19 heavy (non-hydrogen) atoms. The number of benzene rings is 1. The van der Waals surface area contributed by atoms with Gasteiger partial charge in [-0.3, -0.25) is 0 Å². The second-order valence-electron chi connectivity index (χ2n) is 5.00. The van der Waals surface area contributed by atoms with Crippen molar-refractivity contribution in [1.82, 2.24) is 14.5 Å². The van der Waals surface area contributed by atoms with E-state index in [4.69, 9.17) is 16.6 Å². The summed E-state index contributed by atoms with van der Waals surface area (Å²) in [6.07, 6.45) is 7.41. The second kappa shape index (κ2) is 4.14. The topological polar surface area (TPSA) is 21.1 Å². The van der Waals surface area contributed by atoms with E-state index in [9.17, 15) is 0 Å². The van der Waals surface area contributed by atoms with Gasteiger partial charge in [-0.15, -0.1) is 0 Å². The van der Waals surface area contributed by atoms with Crippen LogP contribution in [0.5, 0.6) is 0 Å². The van der Waals surface area contributed by atoms with Crippen LogP contribution in [0.15, 0.2) is 42.1 Å². The number of nitrogens with zero attached hydrogens (tertiary/aromatic N) is 3. The van der Waals surface area contributed by atoms with Gasteiger partial charge < -0.3 is 9.47 Å². The average Bonchev–Trinajstić information content (AvgIpc) is 2.54. The summed E-state index contributed by atoms with van der Waals surface area (Å²) < 4.78 is 2.31. The third-order valence-electron chi connectivity index (χ3n) is 3.89. The van der Waals surface area contributed by atoms with E-state index in [1.54, 1.807) is 0 Å². The highest BCUT2D eigenvalue weighted by Gasteiger charge is 2.19. The number of fused-ring (bicyclic) bond motifs is 3. The first-order valence-corrected chi connectivity index (χ1v) is 6.97. The first kappa shape index (κ1) is 11.1. The van der Waals surface area contributed by atoms with Crippen LogP contribution in [0.2, 0.25) is 5.02 Å². The van der Waals surface area contributed by atoms with E-state index in [-0.39, 0.29) is 0 Å². The minimum atomic E-state index is 0.779. The van der Waals surface area contributed by atoms with Gasteiger partial charge in [-0.2, -0.15) is 0 Å². The summed E-state index contributed by atoms with van der Waals surface area (Å²) in [6.45, 7) is 3.03. The molecular weight excluding hydrogens is 258 g/mol. The average molecular weight is 272 g/mol. The van der Waals surface area contributed by atoms with Gasteiger partial charge in [0.2, 0.25) is 0 Å². The Kier molecular flexibility index (Phi) is 2.42. The molecule has 0 spiro atoms. The van der Waals surface area contributed by atoms with Crippen molar-refractivity contribution in [1.29, 1.82) is 0 Å². The molecular formula is C15H14ClN3. The molecule has 4 rings (SSSR count). The monoisotopic (exact) mass is 271 g/mol. The van der Waals surface area contributed by atoms with Gasteiger partial charge in [-0.25, -0.2) is 4.98 Å². The van der Waals surface area contributed by atoms with Crippen molar-refractivity contribution in [2.75, 3.05) is 13.1 Å². The molecule has 0 radical (unpaired) electrons. The molecule has 2 aromatic rings. The first-order valence-electron chi connectivity index (χ1n) is 6.59. The molecule has 0 amide bonds. The van der Waals surface area contributed by atoms with Gasteiger partial charge in [-0.1, -0.05) is 17.7 Å². The molecule has 0 bridgehead atoms. The fourth-order valence-electron chi connectivity index (χ4n) is 2.80. The van der Waals surface area contributed by atoms with Crippen LogP contribution in [0.3, 0.4) is 0 Å². The van der Waals surface area contributed by atoms with Gasteiger partial charge in [0.1, 0.15) is 5.82 Å². The number of aromatic nitrogens is 2. The number of hydrogen-bond donors (Lipinski definition) is 0. The third-order valence-corrected chi connectivity index (χ3v) is 4.12. The minimum Gasteiger partial charge on any atom is -0.369 e. The summed E-state index contributed by atoms with van der Waals surface area (Å²) in [5.41, 5.74) is 3.55. The van der Waals surface area contributed by atoms with Crippen LogP contribution in [0.25, 0.3) is 11.0 Å². The Morgan fingerprint density at radius 2 is 2.05 bits per heavy atom. The van der Waals surface area contributed by atoms with E-state index in [2.05, 4.69) is 27.7 Å². The normalized spacial score (nSPS) is 17.9. The predicted octanol–water partition coefficient (Wildman–Crippen LogP) is 3.00. The van der Waals surface area contributed by atoms with Crippen molar-refractivity contribution in [3.8, 4) is 0 Å². The molecule has 0 fully saturated rings. The highest BCUT2D eigenvalue weighted by molar-refractivity contribution is 6.31. The van der Waals surface area contributed by atoms with Crippen molar-refractivity contribution in [3.63, 3.8) is 0 Å². The fourth-order valence-corrected chi connectivity index (χ4v) is 2.97. The van der Waals surface area contributed by atoms with E-state index < -0.39 is 0 Å². The van der Waals surface area contributed by atoms with Gasteiger partial charge in [0, 0.05) is 36.8 Å². The van der Waals surface area contributed by atoms with Crippen LogP contribution >= 0.6 is 11.6 Å². The standard InChI is InChI=1S/C15H14ClN3/c16-11-4-5-13-14(10-11)19-9-8-18(12-2-1-3-12)7-6-15(19)17-13/h1-5,10H,6-9H2. The Morgan fingerprint density at radius 3 is 2.84 bits per heavy atom. The molecule has 0 saturated heterocycles. The predicted molar refractivity (Wildman–Crippen MR) is 77.2 cm³/mol. The van der Waals surface area contributed by atoms with E-state index in [0.29, 0.717) is 0 Å². The van der Waals surface area contributed by atoms with E-state index in [0.717, 1.165) is 42.1 Å². The molecule has 4 heteroatoms. The Balaban J connectivity index is 1.71. The Morgan fingerprint density at radius 1 is 1.16 bits per heavy atom. The molecule has 3 nitrogen and oxygen atoms in total. The zero-order valence-electron chi connectivity index (χ0n) is 10.5. The third kappa shape index (κ3) is 1.77. The van der Waals surface area contributed by atoms with Crippen molar-refractivity contribution in [2.45, 2.75) is 13.0 Å². The molecule has 0 N–H and O–H groups in total. The van der Waals surface area contributed by atoms with Crippen LogP contribution in [0.1, 0.15) is 5.82 Å². The highest BCUT2D eigenvalue weighted by atomic mass is 35.5. The molecule has 1 aromatic heterocycles. The molecule has 2 heterocycles. The van der Waals surface area contributed by atoms with E-state index >= 15 is 0 Å². The van der Waals surface area contributed by atoms with Crippen LogP contribution in [0.4, 0.5) is 0 Å². The zero-order valence-corrected chi connectivity index (χ0v) is 11.3. The molecule has 0 atom stereocenters. The van der Waals surface area contributed by atoms with Gasteiger partial charge >= 0.3 is 0 Å². The first-order chi connectivity index (χ1) is 9.31. The Bertz CT molecular complexity index is 711. The largest absolute Gasteiger partial charge is 0.369 e. The van der Waals surface area contributed by atoms with Gasteiger partial charge in [0.05, 0.1) is 11.0 Å². The van der Waals surface area contributed by atoms with Gasteiger partial charge in [0.25, 0.3) is 0 Å². The molecule has 1 aromatic carbocycles. The molecule has 0 saturated carbocycles. The quantitative estimate of drug-likeness (QED) is 0.795. The molecule has 0 unspecified atom stereocenters. The smallest absolute Gasteiger partial charge is 0.111 e. The summed E-state index contributed by atoms with van der Waals surface area (Å²) in [5.74, 6) is 1.17. The minimum absolute atomic E-state index is 0.779. The number of hydrogen-bond acceptors (Lipinski definition) is 2. The second-order valence-corrected chi connectivity index (χ2v) is 5.44. The highest BCUT2D eigenvalue weighted by Crippen LogP contribution is 2.24. The van der Waals surface area contributed by atoms with Crippen LogP contribution in [-0.2, 0) is 13.0 Å². The lowest BCUT2D eigenvalue weighted by Gasteiger charge is -2.25. The van der Waals surface area contributed by atoms with Crippen molar-refractivity contribution < 1.29 is 0 Å². The number of imidazole rings is 1. The lowest BCUT2D eigenvalue weighted by Crippen LogP contribution is -2.26. The van der Waals surface area contributed by atoms with E-state index in [1.165, 1.54) is 11.5 Å². The molecule has 96 valence electrons. The number of allylic oxidation sites excluding steroid dienone is 3. The SMILES string of the molecule is Clc1ccc2nc3n(c2c1)CCN(C1=CC=C1)CC3. The maximum Gasteiger partial charge on any atom is 0.111 e. The molecule has 2 aliphatic rings. The fraction of sp³-hybridized carbons (Fsp3) is 0.267. The Labute approximate surface area is 116 Å². The van der Waals surface area contributed by atoms with Crippen LogP contribution in [-0.4, -0.2) is 27.5 Å². The summed E-state index contributed by atoms with van der Waals surface area (Å²) in [4.78, 5) is 7.15.